The summed E-state index contributed by atoms with van der Waals surface area (Å²) in [6.07, 6.45) is 5.05. The molecular weight excluding hydrogens is 386 g/mol. The number of fused-ring (bicyclic) bond motifs is 1. The van der Waals surface area contributed by atoms with Gasteiger partial charge >= 0.3 is 0 Å². The van der Waals surface area contributed by atoms with Crippen molar-refractivity contribution in [3.05, 3.63) is 71.3 Å². The number of sulfonamides is 1. The van der Waals surface area contributed by atoms with Crippen LogP contribution in [0.3, 0.4) is 0 Å². The quantitative estimate of drug-likeness (QED) is 0.683. The van der Waals surface area contributed by atoms with E-state index in [1.165, 1.54) is 22.0 Å². The Morgan fingerprint density at radius 3 is 2.59 bits per heavy atom. The van der Waals surface area contributed by atoms with Gasteiger partial charge in [-0.1, -0.05) is 50.3 Å². The van der Waals surface area contributed by atoms with E-state index >= 15 is 0 Å². The highest BCUT2D eigenvalue weighted by atomic mass is 32.2. The van der Waals surface area contributed by atoms with Crippen molar-refractivity contribution < 1.29 is 13.2 Å². The van der Waals surface area contributed by atoms with E-state index in [9.17, 15) is 13.2 Å². The van der Waals surface area contributed by atoms with Crippen LogP contribution in [0.25, 0.3) is 5.70 Å². The number of hydrazine groups is 1. The molecule has 2 N–H and O–H groups in total. The fourth-order valence-electron chi connectivity index (χ4n) is 3.47. The molecule has 0 bridgehead atoms. The normalized spacial score (nSPS) is 14.0. The Morgan fingerprint density at radius 2 is 1.83 bits per heavy atom. The Morgan fingerprint density at radius 1 is 1.07 bits per heavy atom. The molecule has 0 saturated heterocycles. The lowest BCUT2D eigenvalue weighted by molar-refractivity contribution is 0.0942. The molecule has 0 radical (unpaired) electrons. The minimum atomic E-state index is -3.62. The molecule has 0 heterocycles. The molecule has 6 nitrogen and oxygen atoms in total. The lowest BCUT2D eigenvalue weighted by Gasteiger charge is -2.19. The van der Waals surface area contributed by atoms with E-state index in [0.29, 0.717) is 13.1 Å². The van der Waals surface area contributed by atoms with Gasteiger partial charge in [0.2, 0.25) is 10.0 Å². The van der Waals surface area contributed by atoms with Crippen molar-refractivity contribution in [2.45, 2.75) is 38.0 Å². The van der Waals surface area contributed by atoms with Crippen LogP contribution in [-0.2, 0) is 16.4 Å². The van der Waals surface area contributed by atoms with E-state index in [1.807, 2.05) is 18.2 Å². The number of rotatable bonds is 7. The zero-order chi connectivity index (χ0) is 20.9. The van der Waals surface area contributed by atoms with Gasteiger partial charge in [-0.2, -0.15) is 4.31 Å². The maximum absolute atomic E-state index is 12.7. The molecule has 1 aliphatic rings. The summed E-state index contributed by atoms with van der Waals surface area (Å²) in [5.41, 5.74) is 9.19. The van der Waals surface area contributed by atoms with Crippen LogP contribution in [0.5, 0.6) is 0 Å². The summed E-state index contributed by atoms with van der Waals surface area (Å²) < 4.78 is 26.8. The van der Waals surface area contributed by atoms with E-state index in [0.717, 1.165) is 30.5 Å². The van der Waals surface area contributed by atoms with Crippen LogP contribution < -0.4 is 10.9 Å². The van der Waals surface area contributed by atoms with Gasteiger partial charge in [0.15, 0.2) is 0 Å². The molecule has 0 spiro atoms. The molecule has 2 aromatic carbocycles. The SMILES string of the molecule is CCN(CC)S(=O)(=O)c1cccc(C(=O)NNC2=CCCCc3ccccc32)c1. The summed E-state index contributed by atoms with van der Waals surface area (Å²) in [6.45, 7) is 4.34. The van der Waals surface area contributed by atoms with E-state index in [1.54, 1.807) is 26.0 Å². The number of allylic oxidation sites excluding steroid dienone is 1. The Labute approximate surface area is 172 Å². The molecule has 29 heavy (non-hydrogen) atoms. The topological polar surface area (TPSA) is 78.5 Å². The van der Waals surface area contributed by atoms with Crippen LogP contribution in [0.15, 0.2) is 59.5 Å². The molecule has 1 amide bonds. The zero-order valence-corrected chi connectivity index (χ0v) is 17.6. The van der Waals surface area contributed by atoms with E-state index < -0.39 is 10.0 Å². The van der Waals surface area contributed by atoms with Crippen molar-refractivity contribution >= 4 is 21.6 Å². The molecule has 154 valence electrons. The molecular formula is C22H27N3O3S. The summed E-state index contributed by atoms with van der Waals surface area (Å²) in [4.78, 5) is 12.8. The fraction of sp³-hybridized carbons (Fsp3) is 0.318. The monoisotopic (exact) mass is 413 g/mol. The van der Waals surface area contributed by atoms with Gasteiger partial charge in [-0.05, 0) is 43.0 Å². The average molecular weight is 414 g/mol. The number of amides is 1. The van der Waals surface area contributed by atoms with E-state index in [4.69, 9.17) is 0 Å². The summed E-state index contributed by atoms with van der Waals surface area (Å²) >= 11 is 0. The van der Waals surface area contributed by atoms with Crippen LogP contribution in [0.4, 0.5) is 0 Å². The number of hydrogen-bond acceptors (Lipinski definition) is 4. The molecule has 0 atom stereocenters. The van der Waals surface area contributed by atoms with Crippen LogP contribution >= 0.6 is 0 Å². The highest BCUT2D eigenvalue weighted by Gasteiger charge is 2.22. The summed E-state index contributed by atoms with van der Waals surface area (Å²) in [5, 5.41) is 0. The van der Waals surface area contributed by atoms with Crippen molar-refractivity contribution in [3.8, 4) is 0 Å². The second-order valence-electron chi connectivity index (χ2n) is 6.86. The third-order valence-electron chi connectivity index (χ3n) is 5.06. The molecule has 1 aliphatic carbocycles. The van der Waals surface area contributed by atoms with Gasteiger partial charge < -0.3 is 0 Å². The number of nitrogens with zero attached hydrogens (tertiary/aromatic N) is 1. The largest absolute Gasteiger partial charge is 0.298 e. The first-order valence-electron chi connectivity index (χ1n) is 9.92. The number of hydrogen-bond donors (Lipinski definition) is 2. The summed E-state index contributed by atoms with van der Waals surface area (Å²) in [5.74, 6) is -0.385. The minimum absolute atomic E-state index is 0.118. The molecule has 3 rings (SSSR count). The predicted octanol–water partition coefficient (Wildman–Crippen LogP) is 3.33. The Balaban J connectivity index is 1.77. The third-order valence-corrected chi connectivity index (χ3v) is 7.10. The van der Waals surface area contributed by atoms with Crippen LogP contribution in [0, 0.1) is 0 Å². The molecule has 0 saturated carbocycles. The number of nitrogens with one attached hydrogen (secondary N) is 2. The van der Waals surface area contributed by atoms with Gasteiger partial charge in [0, 0.05) is 24.2 Å². The molecule has 7 heteroatoms. The number of carbonyl (C=O) groups is 1. The van der Waals surface area contributed by atoms with Gasteiger partial charge in [-0.3, -0.25) is 15.6 Å². The minimum Gasteiger partial charge on any atom is -0.298 e. The highest BCUT2D eigenvalue weighted by Crippen LogP contribution is 2.23. The number of benzene rings is 2. The maximum atomic E-state index is 12.7. The number of aryl methyl sites for hydroxylation is 1. The Bertz CT molecular complexity index is 1010. The van der Waals surface area contributed by atoms with Crippen molar-refractivity contribution in [3.63, 3.8) is 0 Å². The van der Waals surface area contributed by atoms with Crippen LogP contribution in [0.1, 0.15) is 48.2 Å². The highest BCUT2D eigenvalue weighted by molar-refractivity contribution is 7.89. The molecule has 0 aromatic heterocycles. The van der Waals surface area contributed by atoms with Crippen molar-refractivity contribution in [1.29, 1.82) is 0 Å². The lowest BCUT2D eigenvalue weighted by atomic mass is 10.0. The molecule has 2 aromatic rings. The standard InChI is InChI=1S/C22H27N3O3S/c1-3-25(4-2)29(27,28)19-13-9-12-18(16-19)22(26)24-23-21-15-8-6-11-17-10-5-7-14-20(17)21/h5,7,9-10,12-16,23H,3-4,6,8,11H2,1-2H3,(H,24,26). The lowest BCUT2D eigenvalue weighted by Crippen LogP contribution is -2.36. The number of carbonyl (C=O) groups excluding carboxylic acids is 1. The van der Waals surface area contributed by atoms with E-state index in [-0.39, 0.29) is 16.4 Å². The van der Waals surface area contributed by atoms with Crippen molar-refractivity contribution in [2.75, 3.05) is 13.1 Å². The summed E-state index contributed by atoms with van der Waals surface area (Å²) in [7, 11) is -3.62. The third kappa shape index (κ3) is 4.68. The summed E-state index contributed by atoms with van der Waals surface area (Å²) in [6, 6.07) is 14.2. The second kappa shape index (κ2) is 9.24. The first kappa shape index (κ1) is 21.1. The molecule has 0 aliphatic heterocycles. The van der Waals surface area contributed by atoms with Gasteiger partial charge in [0.05, 0.1) is 10.6 Å². The van der Waals surface area contributed by atoms with E-state index in [2.05, 4.69) is 23.0 Å². The fourth-order valence-corrected chi connectivity index (χ4v) is 4.98. The smallest absolute Gasteiger partial charge is 0.269 e. The van der Waals surface area contributed by atoms with Gasteiger partial charge in [0.25, 0.3) is 5.91 Å². The zero-order valence-electron chi connectivity index (χ0n) is 16.8. The Kier molecular flexibility index (Phi) is 6.71. The Hall–Kier alpha value is -2.64. The predicted molar refractivity (Wildman–Crippen MR) is 115 cm³/mol. The van der Waals surface area contributed by atoms with Gasteiger partial charge in [0.1, 0.15) is 0 Å². The van der Waals surface area contributed by atoms with Crippen LogP contribution in [0.2, 0.25) is 0 Å². The molecule has 0 fully saturated rings. The van der Waals surface area contributed by atoms with Gasteiger partial charge in [-0.25, -0.2) is 8.42 Å². The van der Waals surface area contributed by atoms with Crippen LogP contribution in [-0.4, -0.2) is 31.7 Å². The second-order valence-corrected chi connectivity index (χ2v) is 8.80. The molecule has 0 unspecified atom stereocenters. The van der Waals surface area contributed by atoms with Gasteiger partial charge in [-0.15, -0.1) is 0 Å². The first-order chi connectivity index (χ1) is 14.0. The maximum Gasteiger partial charge on any atom is 0.269 e. The van der Waals surface area contributed by atoms with Crippen molar-refractivity contribution in [2.24, 2.45) is 0 Å². The first-order valence-corrected chi connectivity index (χ1v) is 11.4. The van der Waals surface area contributed by atoms with Crippen molar-refractivity contribution in [1.82, 2.24) is 15.2 Å². The average Bonchev–Trinajstić information content (AvgIpc) is 2.95.